The van der Waals surface area contributed by atoms with Gasteiger partial charge in [-0.05, 0) is 25.5 Å². The van der Waals surface area contributed by atoms with Gasteiger partial charge in [-0.25, -0.2) is 9.59 Å². The van der Waals surface area contributed by atoms with E-state index < -0.39 is 18.0 Å². The molecule has 0 bridgehead atoms. The topological polar surface area (TPSA) is 78.4 Å². The molecule has 19 heavy (non-hydrogen) atoms. The minimum atomic E-state index is -1.02. The minimum absolute atomic E-state index is 0.214. The van der Waals surface area contributed by atoms with E-state index in [1.54, 1.807) is 6.07 Å². The predicted octanol–water partition coefficient (Wildman–Crippen LogP) is 3.02. The summed E-state index contributed by atoms with van der Waals surface area (Å²) in [4.78, 5) is 23.6. The van der Waals surface area contributed by atoms with Gasteiger partial charge in [-0.2, -0.15) is 0 Å². The highest BCUT2D eigenvalue weighted by Gasteiger charge is 2.20. The number of nitrogens with one attached hydrogen (secondary N) is 2. The molecule has 0 aliphatic carbocycles. The molecule has 0 fully saturated rings. The summed E-state index contributed by atoms with van der Waals surface area (Å²) < 4.78 is 0.651. The first-order valence-electron chi connectivity index (χ1n) is 5.99. The summed E-state index contributed by atoms with van der Waals surface area (Å²) in [7, 11) is 0. The Balaban J connectivity index is 2.52. The van der Waals surface area contributed by atoms with Gasteiger partial charge in [-0.1, -0.05) is 24.9 Å². The van der Waals surface area contributed by atoms with Gasteiger partial charge in [0.25, 0.3) is 0 Å². The molecule has 0 aliphatic heterocycles. The Bertz CT molecular complexity index is 450. The molecule has 0 saturated carbocycles. The lowest BCUT2D eigenvalue weighted by Gasteiger charge is -2.17. The number of urea groups is 1. The van der Waals surface area contributed by atoms with Gasteiger partial charge in [0, 0.05) is 4.88 Å². The maximum Gasteiger partial charge on any atom is 0.326 e. The van der Waals surface area contributed by atoms with Crippen LogP contribution in [0.1, 0.15) is 37.6 Å². The van der Waals surface area contributed by atoms with Crippen molar-refractivity contribution in [2.75, 3.05) is 0 Å². The van der Waals surface area contributed by atoms with E-state index in [-0.39, 0.29) is 6.04 Å². The molecular formula is C12H17ClN2O3S. The lowest BCUT2D eigenvalue weighted by atomic mass is 10.2. The Kier molecular flexibility index (Phi) is 6.11. The van der Waals surface area contributed by atoms with Gasteiger partial charge in [-0.15, -0.1) is 11.3 Å². The van der Waals surface area contributed by atoms with Crippen LogP contribution < -0.4 is 10.6 Å². The predicted molar refractivity (Wildman–Crippen MR) is 75.7 cm³/mol. The van der Waals surface area contributed by atoms with Crippen molar-refractivity contribution in [2.45, 2.75) is 38.8 Å². The molecule has 7 heteroatoms. The molecule has 106 valence electrons. The van der Waals surface area contributed by atoms with Crippen LogP contribution in [-0.4, -0.2) is 23.1 Å². The van der Waals surface area contributed by atoms with E-state index in [0.29, 0.717) is 17.2 Å². The molecule has 0 aromatic carbocycles. The van der Waals surface area contributed by atoms with Gasteiger partial charge >= 0.3 is 12.0 Å². The first kappa shape index (κ1) is 15.8. The first-order chi connectivity index (χ1) is 8.93. The number of carboxylic acid groups (broad SMARTS) is 1. The van der Waals surface area contributed by atoms with Crippen molar-refractivity contribution >= 4 is 34.9 Å². The number of thiophene rings is 1. The number of amides is 2. The van der Waals surface area contributed by atoms with Crippen molar-refractivity contribution in [1.29, 1.82) is 0 Å². The number of carbonyl (C=O) groups is 2. The van der Waals surface area contributed by atoms with E-state index in [1.807, 2.05) is 19.9 Å². The molecule has 3 N–H and O–H groups in total. The van der Waals surface area contributed by atoms with Crippen LogP contribution >= 0.6 is 22.9 Å². The van der Waals surface area contributed by atoms with Gasteiger partial charge in [0.15, 0.2) is 0 Å². The number of halogens is 1. The summed E-state index contributed by atoms with van der Waals surface area (Å²) in [5.41, 5.74) is 0. The fourth-order valence-corrected chi connectivity index (χ4v) is 2.64. The molecule has 0 radical (unpaired) electrons. The molecule has 5 nitrogen and oxygen atoms in total. The van der Waals surface area contributed by atoms with Crippen molar-refractivity contribution in [3.8, 4) is 0 Å². The molecule has 0 saturated heterocycles. The second-order valence-corrected chi connectivity index (χ2v) is 5.91. The van der Waals surface area contributed by atoms with Crippen LogP contribution in [0.5, 0.6) is 0 Å². The quantitative estimate of drug-likeness (QED) is 0.756. The number of carbonyl (C=O) groups excluding carboxylic acids is 1. The highest BCUT2D eigenvalue weighted by molar-refractivity contribution is 7.16. The number of hydrogen-bond acceptors (Lipinski definition) is 3. The molecule has 2 amide bonds. The number of carboxylic acids is 1. The minimum Gasteiger partial charge on any atom is -0.480 e. The van der Waals surface area contributed by atoms with Gasteiger partial charge < -0.3 is 15.7 Å². The monoisotopic (exact) mass is 304 g/mol. The van der Waals surface area contributed by atoms with E-state index in [9.17, 15) is 9.59 Å². The molecule has 2 atom stereocenters. The first-order valence-corrected chi connectivity index (χ1v) is 7.18. The lowest BCUT2D eigenvalue weighted by Crippen LogP contribution is -2.46. The Hall–Kier alpha value is -1.27. The summed E-state index contributed by atoms with van der Waals surface area (Å²) >= 11 is 7.20. The Labute approximate surface area is 121 Å². The number of aliphatic carboxylic acids is 1. The van der Waals surface area contributed by atoms with E-state index >= 15 is 0 Å². The van der Waals surface area contributed by atoms with Gasteiger partial charge in [0.05, 0.1) is 10.4 Å². The van der Waals surface area contributed by atoms with Crippen LogP contribution in [0.3, 0.4) is 0 Å². The van der Waals surface area contributed by atoms with Crippen molar-refractivity contribution < 1.29 is 14.7 Å². The van der Waals surface area contributed by atoms with Crippen molar-refractivity contribution in [2.24, 2.45) is 0 Å². The fourth-order valence-electron chi connectivity index (χ4n) is 1.57. The molecule has 1 heterocycles. The Morgan fingerprint density at radius 1 is 1.42 bits per heavy atom. The molecule has 0 spiro atoms. The van der Waals surface area contributed by atoms with Crippen LogP contribution in [-0.2, 0) is 4.79 Å². The second-order valence-electron chi connectivity index (χ2n) is 4.16. The third-order valence-electron chi connectivity index (χ3n) is 2.55. The van der Waals surface area contributed by atoms with Crippen molar-refractivity contribution in [1.82, 2.24) is 10.6 Å². The SMILES string of the molecule is CCC[C@@H](NC(=O)NC(C)c1ccc(Cl)s1)C(=O)O. The van der Waals surface area contributed by atoms with Crippen LogP contribution in [0.4, 0.5) is 4.79 Å². The highest BCUT2D eigenvalue weighted by atomic mass is 35.5. The maximum atomic E-state index is 11.7. The summed E-state index contributed by atoms with van der Waals surface area (Å²) in [5, 5.41) is 14.1. The smallest absolute Gasteiger partial charge is 0.326 e. The summed E-state index contributed by atoms with van der Waals surface area (Å²) in [5.74, 6) is -1.02. The number of hydrogen-bond donors (Lipinski definition) is 3. The lowest BCUT2D eigenvalue weighted by molar-refractivity contribution is -0.139. The Morgan fingerprint density at radius 2 is 2.11 bits per heavy atom. The third-order valence-corrected chi connectivity index (χ3v) is 3.96. The molecule has 1 aromatic rings. The number of rotatable bonds is 6. The van der Waals surface area contributed by atoms with Crippen LogP contribution in [0.15, 0.2) is 12.1 Å². The molecule has 1 rings (SSSR count). The second kappa shape index (κ2) is 7.35. The van der Waals surface area contributed by atoms with Gasteiger partial charge in [0.1, 0.15) is 6.04 Å². The largest absolute Gasteiger partial charge is 0.480 e. The molecule has 1 unspecified atom stereocenters. The summed E-state index contributed by atoms with van der Waals surface area (Å²) in [6.45, 7) is 3.68. The molecule has 0 aliphatic rings. The van der Waals surface area contributed by atoms with E-state index in [4.69, 9.17) is 16.7 Å². The highest BCUT2D eigenvalue weighted by Crippen LogP contribution is 2.26. The van der Waals surface area contributed by atoms with Crippen LogP contribution in [0.2, 0.25) is 4.34 Å². The normalized spacial score (nSPS) is 13.6. The standard InChI is InChI=1S/C12H17ClN2O3S/c1-3-4-8(11(16)17)15-12(18)14-7(2)9-5-6-10(13)19-9/h5-8H,3-4H2,1-2H3,(H,16,17)(H2,14,15,18)/t7?,8-/m1/s1. The zero-order valence-electron chi connectivity index (χ0n) is 10.8. The summed E-state index contributed by atoms with van der Waals surface area (Å²) in [6.07, 6.45) is 1.09. The van der Waals surface area contributed by atoms with Gasteiger partial charge in [0.2, 0.25) is 0 Å². The average molecular weight is 305 g/mol. The van der Waals surface area contributed by atoms with E-state index in [2.05, 4.69) is 10.6 Å². The van der Waals surface area contributed by atoms with Crippen molar-refractivity contribution in [3.63, 3.8) is 0 Å². The van der Waals surface area contributed by atoms with Crippen LogP contribution in [0, 0.1) is 0 Å². The molecular weight excluding hydrogens is 288 g/mol. The maximum absolute atomic E-state index is 11.7. The van der Waals surface area contributed by atoms with Gasteiger partial charge in [-0.3, -0.25) is 0 Å². The van der Waals surface area contributed by atoms with E-state index in [1.165, 1.54) is 11.3 Å². The molecule has 1 aromatic heterocycles. The fraction of sp³-hybridized carbons (Fsp3) is 0.500. The van der Waals surface area contributed by atoms with Crippen LogP contribution in [0.25, 0.3) is 0 Å². The van der Waals surface area contributed by atoms with E-state index in [0.717, 1.165) is 4.88 Å². The third kappa shape index (κ3) is 5.08. The average Bonchev–Trinajstić information content (AvgIpc) is 2.75. The van der Waals surface area contributed by atoms with Crippen molar-refractivity contribution in [3.05, 3.63) is 21.3 Å². The summed E-state index contributed by atoms with van der Waals surface area (Å²) in [6, 6.07) is 2.03. The zero-order valence-corrected chi connectivity index (χ0v) is 12.3. The Morgan fingerprint density at radius 3 is 2.58 bits per heavy atom. The zero-order chi connectivity index (χ0) is 14.4.